The Kier molecular flexibility index (Phi) is 8.95. The van der Waals surface area contributed by atoms with Crippen LogP contribution in [0.4, 0.5) is 0 Å². The van der Waals surface area contributed by atoms with Gasteiger partial charge in [-0.25, -0.2) is 0 Å². The number of unbranched alkanes of at least 4 members (excludes halogenated alkanes) is 4. The molecule has 0 spiro atoms. The van der Waals surface area contributed by atoms with Crippen molar-refractivity contribution in [3.8, 4) is 0 Å². The number of carboxylic acid groups (broad SMARTS) is 2. The normalized spacial score (nSPS) is 24.6. The number of carbonyl (C=O) groups is 2. The summed E-state index contributed by atoms with van der Waals surface area (Å²) in [6.45, 7) is 19.4. The van der Waals surface area contributed by atoms with Crippen LogP contribution in [0.25, 0.3) is 0 Å². The van der Waals surface area contributed by atoms with Gasteiger partial charge in [0.1, 0.15) is 5.66 Å². The van der Waals surface area contributed by atoms with Gasteiger partial charge in [-0.3, -0.25) is 9.80 Å². The van der Waals surface area contributed by atoms with E-state index in [2.05, 4.69) is 65.2 Å². The Balaban J connectivity index is 2.42. The molecule has 0 bridgehead atoms. The smallest absolute Gasteiger partial charge is 0.116 e. The molecule has 198 valence electrons. The molecule has 2 rings (SSSR count). The van der Waals surface area contributed by atoms with E-state index in [1.54, 1.807) is 0 Å². The summed E-state index contributed by atoms with van der Waals surface area (Å²) in [5, 5.41) is 24.1. The quantitative estimate of drug-likeness (QED) is 0.421. The van der Waals surface area contributed by atoms with Gasteiger partial charge in [-0.05, 0) is 89.9 Å². The van der Waals surface area contributed by atoms with Crippen LogP contribution < -0.4 is 10.2 Å². The van der Waals surface area contributed by atoms with Crippen LogP contribution in [-0.2, 0) is 9.59 Å². The van der Waals surface area contributed by atoms with Crippen LogP contribution in [0.3, 0.4) is 0 Å². The molecule has 2 fully saturated rings. The molecule has 0 aliphatic carbocycles. The van der Waals surface area contributed by atoms with Crippen LogP contribution in [0.2, 0.25) is 0 Å². The molecule has 0 N–H and O–H groups in total. The zero-order valence-corrected chi connectivity index (χ0v) is 23.2. The minimum atomic E-state index is -1.17. The van der Waals surface area contributed by atoms with Gasteiger partial charge in [0.05, 0.1) is 5.97 Å². The lowest BCUT2D eigenvalue weighted by molar-refractivity contribution is -0.343. The highest BCUT2D eigenvalue weighted by Gasteiger charge is 2.60. The Bertz CT molecular complexity index is 688. The first-order valence-electron chi connectivity index (χ1n) is 13.5. The van der Waals surface area contributed by atoms with Crippen molar-refractivity contribution < 1.29 is 19.8 Å². The summed E-state index contributed by atoms with van der Waals surface area (Å²) in [6, 6.07) is 0. The molecule has 0 radical (unpaired) electrons. The molecule has 34 heavy (non-hydrogen) atoms. The fraction of sp³-hybridized carbons (Fsp3) is 0.929. The molecule has 2 aliphatic heterocycles. The summed E-state index contributed by atoms with van der Waals surface area (Å²) in [5.74, 6) is -1.97. The first-order valence-corrected chi connectivity index (χ1v) is 13.5. The van der Waals surface area contributed by atoms with E-state index in [-0.39, 0.29) is 28.3 Å². The molecular formula is C28H50N2O4-2. The maximum absolute atomic E-state index is 13.4. The minimum absolute atomic E-state index is 0.0216. The van der Waals surface area contributed by atoms with E-state index in [1.165, 1.54) is 0 Å². The molecular weight excluding hydrogens is 428 g/mol. The summed E-state index contributed by atoms with van der Waals surface area (Å²) in [7, 11) is 0. The number of hydrogen-bond acceptors (Lipinski definition) is 6. The van der Waals surface area contributed by atoms with Crippen LogP contribution >= 0.6 is 0 Å². The molecule has 2 saturated heterocycles. The molecule has 0 unspecified atom stereocenters. The van der Waals surface area contributed by atoms with Crippen molar-refractivity contribution in [2.75, 3.05) is 13.1 Å². The SMILES string of the molecule is CC1(C)CCCN(C(CCCCCCCC(=O)[O-])(C(=O)[O-])N2CCCC(C)(C)C2(C)C)C1(C)C. The maximum atomic E-state index is 13.4. The third-order valence-electron chi connectivity index (χ3n) is 10.2. The summed E-state index contributed by atoms with van der Waals surface area (Å²) < 4.78 is 0. The Hall–Kier alpha value is -1.14. The van der Waals surface area contributed by atoms with Crippen LogP contribution in [0.1, 0.15) is 126 Å². The van der Waals surface area contributed by atoms with Gasteiger partial charge < -0.3 is 19.8 Å². The molecule has 2 heterocycles. The first-order chi connectivity index (χ1) is 15.5. The Labute approximate surface area is 208 Å². The van der Waals surface area contributed by atoms with E-state index in [0.29, 0.717) is 12.8 Å². The van der Waals surface area contributed by atoms with E-state index in [0.717, 1.165) is 64.5 Å². The number of aliphatic carboxylic acids is 2. The lowest BCUT2D eigenvalue weighted by Gasteiger charge is -2.68. The number of carbonyl (C=O) groups excluding carboxylic acids is 2. The summed E-state index contributed by atoms with van der Waals surface area (Å²) in [4.78, 5) is 28.6. The molecule has 0 atom stereocenters. The largest absolute Gasteiger partial charge is 0.550 e. The van der Waals surface area contributed by atoms with Crippen molar-refractivity contribution in [3.63, 3.8) is 0 Å². The van der Waals surface area contributed by atoms with Crippen molar-refractivity contribution in [3.05, 3.63) is 0 Å². The highest BCUT2D eigenvalue weighted by molar-refractivity contribution is 5.76. The van der Waals surface area contributed by atoms with Crippen LogP contribution in [-0.4, -0.2) is 51.6 Å². The van der Waals surface area contributed by atoms with Gasteiger partial charge in [0.25, 0.3) is 0 Å². The Morgan fingerprint density at radius 3 is 1.53 bits per heavy atom. The summed E-state index contributed by atoms with van der Waals surface area (Å²) in [6.07, 6.45) is 8.74. The fourth-order valence-electron chi connectivity index (χ4n) is 6.46. The van der Waals surface area contributed by atoms with Crippen molar-refractivity contribution >= 4 is 11.9 Å². The molecule has 0 aromatic carbocycles. The second-order valence-corrected chi connectivity index (χ2v) is 13.1. The van der Waals surface area contributed by atoms with Crippen LogP contribution in [0.5, 0.6) is 0 Å². The lowest BCUT2D eigenvalue weighted by atomic mass is 9.64. The fourth-order valence-corrected chi connectivity index (χ4v) is 6.46. The van der Waals surface area contributed by atoms with Crippen molar-refractivity contribution in [2.24, 2.45) is 10.8 Å². The van der Waals surface area contributed by atoms with E-state index >= 15 is 0 Å². The van der Waals surface area contributed by atoms with Gasteiger partial charge in [0.2, 0.25) is 0 Å². The number of likely N-dealkylation sites (tertiary alicyclic amines) is 2. The third kappa shape index (κ3) is 5.33. The Morgan fingerprint density at radius 1 is 0.706 bits per heavy atom. The predicted molar refractivity (Wildman–Crippen MR) is 133 cm³/mol. The van der Waals surface area contributed by atoms with Gasteiger partial charge >= 0.3 is 0 Å². The highest BCUT2D eigenvalue weighted by atomic mass is 16.4. The molecule has 0 aromatic heterocycles. The standard InChI is InChI=1S/C28H52N2O4/c1-24(2)17-14-20-29(26(24,5)6)28(23(33)34,19-13-11-9-10-12-16-22(31)32)30-21-15-18-25(3,4)27(30,7)8/h9-21H2,1-8H3,(H,31,32)(H,33,34)/p-2. The average Bonchev–Trinajstić information content (AvgIpc) is 2.69. The van der Waals surface area contributed by atoms with Gasteiger partial charge in [-0.2, -0.15) is 0 Å². The topological polar surface area (TPSA) is 86.7 Å². The molecule has 0 saturated carbocycles. The minimum Gasteiger partial charge on any atom is -0.550 e. The summed E-state index contributed by atoms with van der Waals surface area (Å²) in [5.41, 5.74) is -1.83. The molecule has 0 aromatic rings. The number of carboxylic acids is 2. The van der Waals surface area contributed by atoms with Crippen LogP contribution in [0.15, 0.2) is 0 Å². The van der Waals surface area contributed by atoms with E-state index in [1.807, 2.05) is 0 Å². The zero-order valence-electron chi connectivity index (χ0n) is 23.2. The van der Waals surface area contributed by atoms with E-state index in [4.69, 9.17) is 0 Å². The van der Waals surface area contributed by atoms with E-state index < -0.39 is 17.6 Å². The molecule has 0 amide bonds. The number of rotatable bonds is 11. The first kappa shape index (κ1) is 29.1. The lowest BCUT2D eigenvalue weighted by Crippen LogP contribution is -2.80. The third-order valence-corrected chi connectivity index (χ3v) is 10.2. The number of nitrogens with zero attached hydrogens (tertiary/aromatic N) is 2. The second-order valence-electron chi connectivity index (χ2n) is 13.1. The van der Waals surface area contributed by atoms with Gasteiger partial charge in [-0.1, -0.05) is 47.0 Å². The Morgan fingerprint density at radius 2 is 1.12 bits per heavy atom. The zero-order chi connectivity index (χ0) is 26.0. The second kappa shape index (κ2) is 10.5. The van der Waals surface area contributed by atoms with Crippen molar-refractivity contribution in [1.82, 2.24) is 9.80 Å². The van der Waals surface area contributed by atoms with Gasteiger partial charge in [0, 0.05) is 30.1 Å². The molecule has 6 heteroatoms. The summed E-state index contributed by atoms with van der Waals surface area (Å²) >= 11 is 0. The highest BCUT2D eigenvalue weighted by Crippen LogP contribution is 2.53. The number of hydrogen-bond donors (Lipinski definition) is 0. The van der Waals surface area contributed by atoms with Crippen molar-refractivity contribution in [2.45, 2.75) is 143 Å². The van der Waals surface area contributed by atoms with E-state index in [9.17, 15) is 19.8 Å². The monoisotopic (exact) mass is 478 g/mol. The average molecular weight is 479 g/mol. The maximum Gasteiger partial charge on any atom is 0.116 e. The number of piperidine rings is 2. The van der Waals surface area contributed by atoms with Gasteiger partial charge in [0.15, 0.2) is 0 Å². The predicted octanol–water partition coefficient (Wildman–Crippen LogP) is 3.71. The molecule has 2 aliphatic rings. The van der Waals surface area contributed by atoms with Crippen LogP contribution in [0, 0.1) is 10.8 Å². The van der Waals surface area contributed by atoms with Gasteiger partial charge in [-0.15, -0.1) is 0 Å². The van der Waals surface area contributed by atoms with Crippen molar-refractivity contribution in [1.29, 1.82) is 0 Å². The molecule has 6 nitrogen and oxygen atoms in total.